The molecule has 322 valence electrons. The number of rotatable bonds is 7. The lowest BCUT2D eigenvalue weighted by Crippen LogP contribution is -2.26. The summed E-state index contributed by atoms with van der Waals surface area (Å²) in [6, 6.07) is 98.4. The highest BCUT2D eigenvalue weighted by molar-refractivity contribution is 6.10. The van der Waals surface area contributed by atoms with Gasteiger partial charge in [-0.05, 0) is 145 Å². The Hall–Kier alpha value is -8.98. The Morgan fingerprint density at radius 2 is 0.667 bits per heavy atom. The quantitative estimate of drug-likeness (QED) is 0.155. The van der Waals surface area contributed by atoms with Gasteiger partial charge in [-0.2, -0.15) is 0 Å². The Morgan fingerprint density at radius 1 is 0.261 bits per heavy atom. The third-order valence-corrected chi connectivity index (χ3v) is 14.8. The fraction of sp³-hybridized carbons (Fsp3) is 0.0149. The molecule has 0 N–H and O–H groups in total. The lowest BCUT2D eigenvalue weighted by molar-refractivity contribution is 0.793. The van der Waals surface area contributed by atoms with Gasteiger partial charge in [0, 0.05) is 33.5 Å². The van der Waals surface area contributed by atoms with E-state index >= 15 is 0 Å². The van der Waals surface area contributed by atoms with Crippen LogP contribution in [0.4, 0.5) is 17.1 Å². The van der Waals surface area contributed by atoms with Crippen LogP contribution in [0.25, 0.3) is 83.1 Å². The monoisotopic (exact) mass is 876 g/mol. The van der Waals surface area contributed by atoms with Crippen LogP contribution in [0.1, 0.15) is 22.3 Å². The highest BCUT2D eigenvalue weighted by atomic mass is 15.1. The second kappa shape index (κ2) is 15.6. The van der Waals surface area contributed by atoms with Crippen LogP contribution in [-0.2, 0) is 5.41 Å². The highest BCUT2D eigenvalue weighted by Crippen LogP contribution is 2.63. The van der Waals surface area contributed by atoms with Crippen molar-refractivity contribution in [2.24, 2.45) is 0 Å². The summed E-state index contributed by atoms with van der Waals surface area (Å²) in [5, 5.41) is 2.52. The van der Waals surface area contributed by atoms with Crippen LogP contribution in [0.15, 0.2) is 267 Å². The van der Waals surface area contributed by atoms with E-state index in [4.69, 9.17) is 0 Å². The number of para-hydroxylation sites is 2. The molecule has 0 bridgehead atoms. The Kier molecular flexibility index (Phi) is 8.84. The van der Waals surface area contributed by atoms with Crippen LogP contribution in [0, 0.1) is 0 Å². The summed E-state index contributed by atoms with van der Waals surface area (Å²) in [5.41, 5.74) is 24.2. The molecule has 0 aliphatic heterocycles. The first-order chi connectivity index (χ1) is 34.2. The first-order valence-corrected chi connectivity index (χ1v) is 23.9. The van der Waals surface area contributed by atoms with E-state index in [0.29, 0.717) is 0 Å². The number of anilines is 3. The van der Waals surface area contributed by atoms with E-state index in [-0.39, 0.29) is 0 Å². The third-order valence-electron chi connectivity index (χ3n) is 14.8. The number of hydrogen-bond acceptors (Lipinski definition) is 1. The lowest BCUT2D eigenvalue weighted by atomic mass is 9.70. The van der Waals surface area contributed by atoms with Gasteiger partial charge in [-0.15, -0.1) is 0 Å². The molecule has 0 fully saturated rings. The maximum atomic E-state index is 2.47. The van der Waals surface area contributed by atoms with Gasteiger partial charge in [0.25, 0.3) is 0 Å². The lowest BCUT2D eigenvalue weighted by Gasteiger charge is -2.32. The predicted octanol–water partition coefficient (Wildman–Crippen LogP) is 17.6. The Bertz CT molecular complexity index is 3860. The van der Waals surface area contributed by atoms with Crippen molar-refractivity contribution in [3.63, 3.8) is 0 Å². The average Bonchev–Trinajstić information content (AvgIpc) is 4.03. The number of fused-ring (bicyclic) bond motifs is 13. The number of nitrogens with zero attached hydrogens (tertiary/aromatic N) is 2. The molecule has 1 aromatic heterocycles. The van der Waals surface area contributed by atoms with Gasteiger partial charge in [-0.25, -0.2) is 0 Å². The minimum atomic E-state index is -0.430. The molecule has 12 aromatic rings. The molecule has 0 amide bonds. The molecule has 2 aliphatic rings. The number of hydrogen-bond donors (Lipinski definition) is 0. The largest absolute Gasteiger partial charge is 0.310 e. The second-order valence-corrected chi connectivity index (χ2v) is 18.4. The fourth-order valence-corrected chi connectivity index (χ4v) is 11.8. The van der Waals surface area contributed by atoms with Gasteiger partial charge < -0.3 is 9.47 Å². The fourth-order valence-electron chi connectivity index (χ4n) is 11.8. The summed E-state index contributed by atoms with van der Waals surface area (Å²) in [7, 11) is 0. The van der Waals surface area contributed by atoms with Gasteiger partial charge >= 0.3 is 0 Å². The van der Waals surface area contributed by atoms with E-state index < -0.39 is 5.41 Å². The van der Waals surface area contributed by atoms with Gasteiger partial charge in [0.05, 0.1) is 16.4 Å². The maximum absolute atomic E-state index is 2.47. The van der Waals surface area contributed by atoms with Crippen molar-refractivity contribution in [2.45, 2.75) is 5.41 Å². The minimum Gasteiger partial charge on any atom is -0.310 e. The summed E-state index contributed by atoms with van der Waals surface area (Å²) in [5.74, 6) is 0. The summed E-state index contributed by atoms with van der Waals surface area (Å²) < 4.78 is 2.37. The van der Waals surface area contributed by atoms with Crippen molar-refractivity contribution in [2.75, 3.05) is 4.90 Å². The molecule has 0 saturated carbocycles. The summed E-state index contributed by atoms with van der Waals surface area (Å²) >= 11 is 0. The third kappa shape index (κ3) is 5.99. The highest BCUT2D eigenvalue weighted by Gasteiger charge is 2.51. The van der Waals surface area contributed by atoms with Crippen molar-refractivity contribution >= 4 is 38.9 Å². The zero-order valence-electron chi connectivity index (χ0n) is 37.8. The van der Waals surface area contributed by atoms with Crippen molar-refractivity contribution in [1.82, 2.24) is 4.57 Å². The minimum absolute atomic E-state index is 0.430. The molecule has 2 heteroatoms. The SMILES string of the molecule is c1ccc(-c2ccc(N(c3ccc(-c4ccc(-c5ccc6c(c5)c5ccccc5n6-c5ccccc5)cc4)cc3)c3ccc4c(c3)C3(c5ccccc5-c5ccccc53)c3ccccc3-4)cc2)cc1. The van der Waals surface area contributed by atoms with Crippen molar-refractivity contribution in [3.05, 3.63) is 289 Å². The molecule has 2 nitrogen and oxygen atoms in total. The van der Waals surface area contributed by atoms with E-state index in [1.807, 2.05) is 0 Å². The molecule has 0 saturated heterocycles. The van der Waals surface area contributed by atoms with Gasteiger partial charge in [0.15, 0.2) is 0 Å². The molecular weight excluding hydrogens is 833 g/mol. The zero-order chi connectivity index (χ0) is 45.5. The predicted molar refractivity (Wildman–Crippen MR) is 288 cm³/mol. The van der Waals surface area contributed by atoms with E-state index in [2.05, 4.69) is 276 Å². The van der Waals surface area contributed by atoms with Gasteiger partial charge in [0.2, 0.25) is 0 Å². The Labute approximate surface area is 402 Å². The topological polar surface area (TPSA) is 8.17 Å². The Balaban J connectivity index is 0.854. The van der Waals surface area contributed by atoms with E-state index in [0.717, 1.165) is 17.1 Å². The molecule has 69 heavy (non-hydrogen) atoms. The van der Waals surface area contributed by atoms with Crippen LogP contribution < -0.4 is 4.90 Å². The van der Waals surface area contributed by atoms with Gasteiger partial charge in [-0.1, -0.05) is 200 Å². The molecule has 1 heterocycles. The normalized spacial score (nSPS) is 12.8. The summed E-state index contributed by atoms with van der Waals surface area (Å²) in [6.07, 6.45) is 0. The van der Waals surface area contributed by atoms with Gasteiger partial charge in [-0.3, -0.25) is 0 Å². The van der Waals surface area contributed by atoms with Crippen LogP contribution in [0.5, 0.6) is 0 Å². The zero-order valence-corrected chi connectivity index (χ0v) is 37.8. The molecular formula is C67H44N2. The summed E-state index contributed by atoms with van der Waals surface area (Å²) in [6.45, 7) is 0. The Morgan fingerprint density at radius 3 is 1.25 bits per heavy atom. The smallest absolute Gasteiger partial charge is 0.0726 e. The van der Waals surface area contributed by atoms with Crippen LogP contribution in [0.3, 0.4) is 0 Å². The van der Waals surface area contributed by atoms with Crippen LogP contribution in [-0.4, -0.2) is 4.57 Å². The molecule has 2 aliphatic carbocycles. The van der Waals surface area contributed by atoms with Crippen molar-refractivity contribution in [1.29, 1.82) is 0 Å². The first-order valence-electron chi connectivity index (χ1n) is 23.9. The van der Waals surface area contributed by atoms with E-state index in [1.165, 1.54) is 105 Å². The van der Waals surface area contributed by atoms with Crippen LogP contribution in [0.2, 0.25) is 0 Å². The van der Waals surface area contributed by atoms with Crippen molar-refractivity contribution in [3.8, 4) is 61.3 Å². The van der Waals surface area contributed by atoms with Crippen LogP contribution >= 0.6 is 0 Å². The molecule has 0 radical (unpaired) electrons. The molecule has 1 spiro atoms. The number of aromatic nitrogens is 1. The van der Waals surface area contributed by atoms with Gasteiger partial charge in [0.1, 0.15) is 0 Å². The van der Waals surface area contributed by atoms with E-state index in [1.54, 1.807) is 0 Å². The molecule has 0 unspecified atom stereocenters. The molecule has 11 aromatic carbocycles. The van der Waals surface area contributed by atoms with E-state index in [9.17, 15) is 0 Å². The second-order valence-electron chi connectivity index (χ2n) is 18.4. The first kappa shape index (κ1) is 39.2. The average molecular weight is 877 g/mol. The maximum Gasteiger partial charge on any atom is 0.0726 e. The standard InChI is InChI=1S/C67H44N2/c1-3-15-45(16-4-1)47-31-36-52(37-32-47)68(54-40-41-58-57-21-9-13-25-63(57)67(64(58)44-54)61-23-11-7-19-55(61)56-20-8-12-24-62(56)67)53-38-33-48(34-39-53)46-27-29-49(30-28-46)50-35-42-66-60(43-50)59-22-10-14-26-65(59)69(66)51-17-5-2-6-18-51/h1-44H. The number of benzene rings is 11. The molecule has 0 atom stereocenters. The molecule has 14 rings (SSSR count). The van der Waals surface area contributed by atoms with Crippen molar-refractivity contribution < 1.29 is 0 Å². The summed E-state index contributed by atoms with van der Waals surface area (Å²) in [4.78, 5) is 2.43.